The lowest BCUT2D eigenvalue weighted by atomic mass is 9.93. The second kappa shape index (κ2) is 11.3. The molecule has 0 aromatic heterocycles. The predicted octanol–water partition coefficient (Wildman–Crippen LogP) is 5.93. The molecule has 1 aliphatic rings. The number of carbonyl (C=O) groups is 2. The number of aliphatic hydroxyl groups is 1. The second-order valence-electron chi connectivity index (χ2n) is 8.78. The smallest absolute Gasteiger partial charge is 0.251 e. The molecule has 1 fully saturated rings. The van der Waals surface area contributed by atoms with E-state index in [9.17, 15) is 14.7 Å². The van der Waals surface area contributed by atoms with Gasteiger partial charge in [0.1, 0.15) is 0 Å². The lowest BCUT2D eigenvalue weighted by Crippen LogP contribution is -2.38. The van der Waals surface area contributed by atoms with Crippen LogP contribution in [0.1, 0.15) is 58.4 Å². The number of amides is 1. The van der Waals surface area contributed by atoms with Crippen molar-refractivity contribution >= 4 is 34.7 Å². The Morgan fingerprint density at radius 2 is 1.62 bits per heavy atom. The minimum Gasteiger partial charge on any atom is -0.393 e. The number of aryl methyl sites for hydroxylation is 1. The highest BCUT2D eigenvalue weighted by molar-refractivity contribution is 6.31. The van der Waals surface area contributed by atoms with Gasteiger partial charge in [-0.3, -0.25) is 9.59 Å². The van der Waals surface area contributed by atoms with Crippen molar-refractivity contribution in [3.63, 3.8) is 0 Å². The topological polar surface area (TPSA) is 78.4 Å². The molecule has 0 unspecified atom stereocenters. The minimum atomic E-state index is -0.242. The number of para-hydroxylation sites is 1. The van der Waals surface area contributed by atoms with E-state index in [1.54, 1.807) is 30.3 Å². The fourth-order valence-corrected chi connectivity index (χ4v) is 4.42. The number of nitrogens with one attached hydrogen (secondary N) is 2. The highest BCUT2D eigenvalue weighted by atomic mass is 35.5. The third-order valence-electron chi connectivity index (χ3n) is 6.22. The maximum atomic E-state index is 13.0. The first-order valence-corrected chi connectivity index (χ1v) is 12.1. The molecule has 0 spiro atoms. The average Bonchev–Trinajstić information content (AvgIpc) is 2.85. The molecule has 0 aliphatic heterocycles. The monoisotopic (exact) mass is 476 g/mol. The zero-order chi connectivity index (χ0) is 23.9. The van der Waals surface area contributed by atoms with Crippen LogP contribution in [0.5, 0.6) is 0 Å². The summed E-state index contributed by atoms with van der Waals surface area (Å²) in [5.74, 6) is -0.0711. The third-order valence-corrected chi connectivity index (χ3v) is 6.46. The van der Waals surface area contributed by atoms with Crippen molar-refractivity contribution in [2.75, 3.05) is 5.32 Å². The van der Waals surface area contributed by atoms with E-state index >= 15 is 0 Å². The summed E-state index contributed by atoms with van der Waals surface area (Å²) in [5, 5.41) is 16.5. The van der Waals surface area contributed by atoms with Crippen molar-refractivity contribution < 1.29 is 14.7 Å². The summed E-state index contributed by atoms with van der Waals surface area (Å²) in [6.07, 6.45) is 3.75. The van der Waals surface area contributed by atoms with Gasteiger partial charge in [0.2, 0.25) is 0 Å². The normalized spacial score (nSPS) is 17.7. The Hall–Kier alpha value is -3.15. The summed E-state index contributed by atoms with van der Waals surface area (Å²) >= 11 is 6.17. The van der Waals surface area contributed by atoms with Gasteiger partial charge >= 0.3 is 0 Å². The van der Waals surface area contributed by atoms with E-state index in [0.29, 0.717) is 34.7 Å². The van der Waals surface area contributed by atoms with Crippen LogP contribution < -0.4 is 10.6 Å². The van der Waals surface area contributed by atoms with Crippen LogP contribution in [-0.4, -0.2) is 28.9 Å². The Balaban J connectivity index is 1.35. The fourth-order valence-electron chi connectivity index (χ4n) is 4.24. The first-order valence-electron chi connectivity index (χ1n) is 11.7. The number of ketones is 1. The van der Waals surface area contributed by atoms with E-state index < -0.39 is 0 Å². The summed E-state index contributed by atoms with van der Waals surface area (Å²) in [4.78, 5) is 25.5. The van der Waals surface area contributed by atoms with E-state index in [-0.39, 0.29) is 23.8 Å². The third kappa shape index (κ3) is 6.46. The van der Waals surface area contributed by atoms with E-state index in [4.69, 9.17) is 11.6 Å². The zero-order valence-corrected chi connectivity index (χ0v) is 19.7. The maximum Gasteiger partial charge on any atom is 0.251 e. The van der Waals surface area contributed by atoms with Crippen LogP contribution >= 0.6 is 11.6 Å². The second-order valence-corrected chi connectivity index (χ2v) is 9.22. The van der Waals surface area contributed by atoms with Crippen LogP contribution in [0, 0.1) is 0 Å². The molecule has 1 saturated carbocycles. The first kappa shape index (κ1) is 24.0. The number of hydrogen-bond acceptors (Lipinski definition) is 4. The molecule has 0 bridgehead atoms. The lowest BCUT2D eigenvalue weighted by molar-refractivity contribution is 0.0867. The minimum absolute atomic E-state index is 0.0244. The average molecular weight is 477 g/mol. The first-order chi connectivity index (χ1) is 16.5. The summed E-state index contributed by atoms with van der Waals surface area (Å²) < 4.78 is 0. The molecule has 5 nitrogen and oxygen atoms in total. The van der Waals surface area contributed by atoms with Crippen LogP contribution in [0.4, 0.5) is 11.4 Å². The fraction of sp³-hybridized carbons (Fsp3) is 0.286. The van der Waals surface area contributed by atoms with Gasteiger partial charge in [-0.1, -0.05) is 41.9 Å². The van der Waals surface area contributed by atoms with Crippen molar-refractivity contribution in [2.24, 2.45) is 0 Å². The molecular weight excluding hydrogens is 448 g/mol. The SMILES string of the molecule is O=C(NC1CCC(O)CC1)c1ccc(CCC(=O)c2ccc(Cl)cc2Nc2ccccc2)cc1. The number of halogens is 1. The molecule has 4 rings (SSSR count). The van der Waals surface area contributed by atoms with Gasteiger partial charge in [0.25, 0.3) is 5.91 Å². The Kier molecular flexibility index (Phi) is 7.99. The molecule has 1 aliphatic carbocycles. The number of Topliss-reactive ketones (excluding diaryl/α,β-unsaturated/α-hetero) is 1. The highest BCUT2D eigenvalue weighted by Crippen LogP contribution is 2.26. The Morgan fingerprint density at radius 1 is 0.912 bits per heavy atom. The molecule has 3 aromatic rings. The number of rotatable bonds is 8. The van der Waals surface area contributed by atoms with Crippen LogP contribution in [-0.2, 0) is 6.42 Å². The quantitative estimate of drug-likeness (QED) is 0.352. The Morgan fingerprint density at radius 3 is 2.32 bits per heavy atom. The summed E-state index contributed by atoms with van der Waals surface area (Å²) in [6.45, 7) is 0. The number of hydrogen-bond donors (Lipinski definition) is 3. The van der Waals surface area contributed by atoms with E-state index in [1.165, 1.54) is 0 Å². The zero-order valence-electron chi connectivity index (χ0n) is 19.0. The molecule has 0 radical (unpaired) electrons. The van der Waals surface area contributed by atoms with Crippen LogP contribution in [0.25, 0.3) is 0 Å². The highest BCUT2D eigenvalue weighted by Gasteiger charge is 2.21. The van der Waals surface area contributed by atoms with Crippen LogP contribution in [0.3, 0.4) is 0 Å². The largest absolute Gasteiger partial charge is 0.393 e. The van der Waals surface area contributed by atoms with Gasteiger partial charge in [0, 0.05) is 34.3 Å². The maximum absolute atomic E-state index is 13.0. The van der Waals surface area contributed by atoms with Crippen molar-refractivity contribution in [3.05, 3.63) is 94.5 Å². The molecule has 176 valence electrons. The van der Waals surface area contributed by atoms with E-state index in [1.807, 2.05) is 42.5 Å². The van der Waals surface area contributed by atoms with Gasteiger partial charge in [-0.2, -0.15) is 0 Å². The predicted molar refractivity (Wildman–Crippen MR) is 136 cm³/mol. The number of benzene rings is 3. The van der Waals surface area contributed by atoms with Crippen molar-refractivity contribution in [1.82, 2.24) is 5.32 Å². The van der Waals surface area contributed by atoms with Crippen molar-refractivity contribution in [1.29, 1.82) is 0 Å². The summed E-state index contributed by atoms with van der Waals surface area (Å²) in [7, 11) is 0. The molecule has 0 heterocycles. The standard InChI is InChI=1S/C28H29ClN2O3/c29-21-11-16-25(26(18-21)30-22-4-2-1-3-5-22)27(33)17-8-19-6-9-20(10-7-19)28(34)31-23-12-14-24(32)15-13-23/h1-7,9-11,16,18,23-24,30,32H,8,12-15,17H2,(H,31,34). The molecule has 0 atom stereocenters. The molecule has 0 saturated heterocycles. The van der Waals surface area contributed by atoms with Gasteiger partial charge in [0.15, 0.2) is 5.78 Å². The summed E-state index contributed by atoms with van der Waals surface area (Å²) in [5.41, 5.74) is 3.77. The lowest BCUT2D eigenvalue weighted by Gasteiger charge is -2.26. The Labute approximate surface area is 205 Å². The van der Waals surface area contributed by atoms with Gasteiger partial charge < -0.3 is 15.7 Å². The van der Waals surface area contributed by atoms with Gasteiger partial charge in [-0.05, 0) is 80.1 Å². The number of anilines is 2. The Bertz CT molecular complexity index is 1120. The van der Waals surface area contributed by atoms with Crippen LogP contribution in [0.2, 0.25) is 5.02 Å². The molecular formula is C28H29ClN2O3. The molecule has 3 N–H and O–H groups in total. The molecule has 34 heavy (non-hydrogen) atoms. The summed E-state index contributed by atoms with van der Waals surface area (Å²) in [6, 6.07) is 22.4. The van der Waals surface area contributed by atoms with E-state index in [2.05, 4.69) is 10.6 Å². The molecule has 6 heteroatoms. The van der Waals surface area contributed by atoms with E-state index in [0.717, 1.165) is 36.9 Å². The van der Waals surface area contributed by atoms with Gasteiger partial charge in [-0.15, -0.1) is 0 Å². The van der Waals surface area contributed by atoms with Crippen LogP contribution in [0.15, 0.2) is 72.8 Å². The van der Waals surface area contributed by atoms with Crippen molar-refractivity contribution in [3.8, 4) is 0 Å². The number of aliphatic hydroxyl groups excluding tert-OH is 1. The van der Waals surface area contributed by atoms with Gasteiger partial charge in [-0.25, -0.2) is 0 Å². The van der Waals surface area contributed by atoms with Crippen molar-refractivity contribution in [2.45, 2.75) is 50.7 Å². The van der Waals surface area contributed by atoms with Gasteiger partial charge in [0.05, 0.1) is 11.8 Å². The molecule has 1 amide bonds. The molecule has 3 aromatic carbocycles. The number of carbonyl (C=O) groups excluding carboxylic acids is 2.